The zero-order valence-electron chi connectivity index (χ0n) is 13.0. The number of carbonyl (C=O) groups is 2. The minimum absolute atomic E-state index is 0.0133. The van der Waals surface area contributed by atoms with Crippen molar-refractivity contribution in [2.24, 2.45) is 5.92 Å². The molecular formula is C14H26N2O4. The van der Waals surface area contributed by atoms with Gasteiger partial charge in [-0.3, -0.25) is 4.79 Å². The molecule has 0 radical (unpaired) electrons. The van der Waals surface area contributed by atoms with E-state index in [9.17, 15) is 9.59 Å². The molecule has 0 aromatic rings. The number of carbonyl (C=O) groups excluding carboxylic acids is 1. The summed E-state index contributed by atoms with van der Waals surface area (Å²) in [6.45, 7) is 8.51. The van der Waals surface area contributed by atoms with E-state index in [-0.39, 0.29) is 18.7 Å². The lowest BCUT2D eigenvalue weighted by molar-refractivity contribution is -0.138. The standard InChI is InChI=1S/C14H26N2O4/c1-10-6-7-15(8-11(10)20-5)13(19)16(9-12(17)18)14(2,3)4/h10-11H,6-9H2,1-5H3,(H,17,18). The Bertz CT molecular complexity index is 365. The first kappa shape index (κ1) is 16.8. The number of carboxylic acids is 1. The molecule has 1 fully saturated rings. The summed E-state index contributed by atoms with van der Waals surface area (Å²) in [7, 11) is 1.65. The van der Waals surface area contributed by atoms with E-state index in [1.165, 1.54) is 4.90 Å². The SMILES string of the molecule is COC1CN(C(=O)N(CC(=O)O)C(C)(C)C)CCC1C. The summed E-state index contributed by atoms with van der Waals surface area (Å²) in [5, 5.41) is 9.00. The second kappa shape index (κ2) is 6.43. The molecule has 6 nitrogen and oxygen atoms in total. The lowest BCUT2D eigenvalue weighted by Crippen LogP contribution is -2.57. The summed E-state index contributed by atoms with van der Waals surface area (Å²) in [5.41, 5.74) is -0.527. The van der Waals surface area contributed by atoms with Crippen molar-refractivity contribution in [3.8, 4) is 0 Å². The van der Waals surface area contributed by atoms with E-state index in [1.54, 1.807) is 12.0 Å². The van der Waals surface area contributed by atoms with E-state index < -0.39 is 11.5 Å². The van der Waals surface area contributed by atoms with Gasteiger partial charge in [-0.05, 0) is 33.1 Å². The summed E-state index contributed by atoms with van der Waals surface area (Å²) in [6.07, 6.45) is 0.884. The van der Waals surface area contributed by atoms with Crippen LogP contribution in [0.2, 0.25) is 0 Å². The maximum absolute atomic E-state index is 12.6. The quantitative estimate of drug-likeness (QED) is 0.856. The minimum atomic E-state index is -0.998. The Morgan fingerprint density at radius 3 is 2.45 bits per heavy atom. The number of likely N-dealkylation sites (tertiary alicyclic amines) is 1. The number of carboxylic acid groups (broad SMARTS) is 1. The Balaban J connectivity index is 2.82. The molecular weight excluding hydrogens is 260 g/mol. The first-order valence-electron chi connectivity index (χ1n) is 6.98. The van der Waals surface area contributed by atoms with Gasteiger partial charge in [-0.1, -0.05) is 6.92 Å². The highest BCUT2D eigenvalue weighted by atomic mass is 16.5. The third-order valence-corrected chi connectivity index (χ3v) is 3.80. The van der Waals surface area contributed by atoms with E-state index in [0.29, 0.717) is 19.0 Å². The van der Waals surface area contributed by atoms with Crippen LogP contribution in [0.15, 0.2) is 0 Å². The fraction of sp³-hybridized carbons (Fsp3) is 0.857. The Labute approximate surface area is 120 Å². The molecule has 1 heterocycles. The van der Waals surface area contributed by atoms with Gasteiger partial charge in [0.1, 0.15) is 6.54 Å². The molecule has 1 saturated heterocycles. The van der Waals surface area contributed by atoms with Crippen LogP contribution in [0, 0.1) is 5.92 Å². The zero-order valence-corrected chi connectivity index (χ0v) is 13.0. The van der Waals surface area contributed by atoms with Crippen molar-refractivity contribution in [3.63, 3.8) is 0 Å². The Morgan fingerprint density at radius 1 is 1.40 bits per heavy atom. The smallest absolute Gasteiger partial charge is 0.323 e. The van der Waals surface area contributed by atoms with Gasteiger partial charge in [0.2, 0.25) is 0 Å². The maximum Gasteiger partial charge on any atom is 0.323 e. The van der Waals surface area contributed by atoms with Gasteiger partial charge in [-0.2, -0.15) is 0 Å². The first-order valence-corrected chi connectivity index (χ1v) is 6.98. The van der Waals surface area contributed by atoms with Crippen LogP contribution in [-0.4, -0.2) is 65.3 Å². The highest BCUT2D eigenvalue weighted by molar-refractivity contribution is 5.81. The van der Waals surface area contributed by atoms with Gasteiger partial charge >= 0.3 is 12.0 Å². The molecule has 2 atom stereocenters. The number of urea groups is 1. The summed E-state index contributed by atoms with van der Waals surface area (Å²) >= 11 is 0. The normalized spacial score (nSPS) is 23.6. The maximum atomic E-state index is 12.6. The molecule has 116 valence electrons. The van der Waals surface area contributed by atoms with Crippen molar-refractivity contribution >= 4 is 12.0 Å². The molecule has 0 aliphatic carbocycles. The fourth-order valence-electron chi connectivity index (χ4n) is 2.41. The van der Waals surface area contributed by atoms with Crippen LogP contribution < -0.4 is 0 Å². The van der Waals surface area contributed by atoms with Crippen LogP contribution in [0.4, 0.5) is 4.79 Å². The van der Waals surface area contributed by atoms with Crippen LogP contribution >= 0.6 is 0 Å². The van der Waals surface area contributed by atoms with Crippen LogP contribution in [0.3, 0.4) is 0 Å². The van der Waals surface area contributed by atoms with E-state index >= 15 is 0 Å². The van der Waals surface area contributed by atoms with Crippen molar-refractivity contribution in [2.45, 2.75) is 45.8 Å². The summed E-state index contributed by atoms with van der Waals surface area (Å²) in [6, 6.07) is -0.228. The van der Waals surface area contributed by atoms with Crippen molar-refractivity contribution < 1.29 is 19.4 Å². The van der Waals surface area contributed by atoms with Gasteiger partial charge < -0.3 is 19.6 Å². The molecule has 0 saturated carbocycles. The zero-order chi connectivity index (χ0) is 15.5. The highest BCUT2D eigenvalue weighted by Gasteiger charge is 2.35. The van der Waals surface area contributed by atoms with Crippen molar-refractivity contribution in [2.75, 3.05) is 26.7 Å². The number of nitrogens with zero attached hydrogens (tertiary/aromatic N) is 2. The predicted molar refractivity (Wildman–Crippen MR) is 75.6 cm³/mol. The van der Waals surface area contributed by atoms with Crippen LogP contribution in [0.1, 0.15) is 34.1 Å². The van der Waals surface area contributed by atoms with Crippen LogP contribution in [-0.2, 0) is 9.53 Å². The largest absolute Gasteiger partial charge is 0.480 e. The van der Waals surface area contributed by atoms with Crippen LogP contribution in [0.25, 0.3) is 0 Å². The molecule has 1 N–H and O–H groups in total. The Morgan fingerprint density at radius 2 is 2.00 bits per heavy atom. The average Bonchev–Trinajstić information content (AvgIpc) is 2.34. The molecule has 0 aromatic carbocycles. The summed E-state index contributed by atoms with van der Waals surface area (Å²) in [4.78, 5) is 26.7. The number of amides is 2. The number of methoxy groups -OCH3 is 1. The lowest BCUT2D eigenvalue weighted by Gasteiger charge is -2.42. The van der Waals surface area contributed by atoms with Crippen molar-refractivity contribution in [1.29, 1.82) is 0 Å². The number of ether oxygens (including phenoxy) is 1. The number of piperidine rings is 1. The molecule has 1 rings (SSSR count). The van der Waals surface area contributed by atoms with E-state index in [4.69, 9.17) is 9.84 Å². The predicted octanol–water partition coefficient (Wildman–Crippen LogP) is 1.65. The molecule has 0 spiro atoms. The number of rotatable bonds is 3. The van der Waals surface area contributed by atoms with Gasteiger partial charge in [0.05, 0.1) is 6.10 Å². The second-order valence-electron chi connectivity index (χ2n) is 6.42. The van der Waals surface area contributed by atoms with Crippen molar-refractivity contribution in [1.82, 2.24) is 9.80 Å². The number of hydrogen-bond donors (Lipinski definition) is 1. The highest BCUT2D eigenvalue weighted by Crippen LogP contribution is 2.23. The van der Waals surface area contributed by atoms with Gasteiger partial charge in [0.15, 0.2) is 0 Å². The third kappa shape index (κ3) is 4.10. The van der Waals surface area contributed by atoms with E-state index in [0.717, 1.165) is 6.42 Å². The minimum Gasteiger partial charge on any atom is -0.480 e. The Hall–Kier alpha value is -1.30. The van der Waals surface area contributed by atoms with E-state index in [1.807, 2.05) is 20.8 Å². The van der Waals surface area contributed by atoms with Gasteiger partial charge in [-0.25, -0.2) is 4.79 Å². The van der Waals surface area contributed by atoms with Gasteiger partial charge in [0.25, 0.3) is 0 Å². The molecule has 0 bridgehead atoms. The van der Waals surface area contributed by atoms with Gasteiger partial charge in [-0.15, -0.1) is 0 Å². The summed E-state index contributed by atoms with van der Waals surface area (Å²) in [5.74, 6) is -0.589. The Kier molecular flexibility index (Phi) is 5.39. The lowest BCUT2D eigenvalue weighted by atomic mass is 9.96. The van der Waals surface area contributed by atoms with Gasteiger partial charge in [0, 0.05) is 25.7 Å². The summed E-state index contributed by atoms with van der Waals surface area (Å²) < 4.78 is 5.40. The molecule has 6 heteroatoms. The molecule has 1 aliphatic rings. The molecule has 20 heavy (non-hydrogen) atoms. The number of hydrogen-bond acceptors (Lipinski definition) is 3. The fourth-order valence-corrected chi connectivity index (χ4v) is 2.41. The van der Waals surface area contributed by atoms with Crippen LogP contribution in [0.5, 0.6) is 0 Å². The topological polar surface area (TPSA) is 70.1 Å². The number of aliphatic carboxylic acids is 1. The molecule has 1 aliphatic heterocycles. The molecule has 2 amide bonds. The molecule has 2 unspecified atom stereocenters. The van der Waals surface area contributed by atoms with Crippen molar-refractivity contribution in [3.05, 3.63) is 0 Å². The second-order valence-corrected chi connectivity index (χ2v) is 6.42. The third-order valence-electron chi connectivity index (χ3n) is 3.80. The van der Waals surface area contributed by atoms with E-state index in [2.05, 4.69) is 6.92 Å². The molecule has 0 aromatic heterocycles. The average molecular weight is 286 g/mol. The monoisotopic (exact) mass is 286 g/mol. The first-order chi connectivity index (χ1) is 9.16.